The van der Waals surface area contributed by atoms with E-state index < -0.39 is 5.97 Å². The van der Waals surface area contributed by atoms with Gasteiger partial charge in [0, 0.05) is 5.56 Å². The van der Waals surface area contributed by atoms with Gasteiger partial charge in [-0.3, -0.25) is 4.79 Å². The van der Waals surface area contributed by atoms with E-state index in [0.29, 0.717) is 11.1 Å². The van der Waals surface area contributed by atoms with Crippen molar-refractivity contribution >= 4 is 5.97 Å². The van der Waals surface area contributed by atoms with Gasteiger partial charge >= 0.3 is 5.97 Å². The van der Waals surface area contributed by atoms with Gasteiger partial charge in [0.05, 0.1) is 13.5 Å². The van der Waals surface area contributed by atoms with Crippen LogP contribution in [0.2, 0.25) is 0 Å². The molecule has 0 heterocycles. The molecule has 0 atom stereocenters. The lowest BCUT2D eigenvalue weighted by Crippen LogP contribution is -2.10. The van der Waals surface area contributed by atoms with Crippen LogP contribution in [0.1, 0.15) is 29.2 Å². The van der Waals surface area contributed by atoms with Gasteiger partial charge in [0.1, 0.15) is 18.2 Å². The van der Waals surface area contributed by atoms with E-state index in [1.165, 1.54) is 13.2 Å². The van der Waals surface area contributed by atoms with Crippen molar-refractivity contribution in [2.75, 3.05) is 7.11 Å². The minimum absolute atomic E-state index is 0.0293. The predicted octanol–water partition coefficient (Wildman–Crippen LogP) is 3.99. The first-order valence-electron chi connectivity index (χ1n) is 7.60. The minimum atomic E-state index is -0.401. The van der Waals surface area contributed by atoms with Gasteiger partial charge < -0.3 is 9.47 Å². The summed E-state index contributed by atoms with van der Waals surface area (Å²) in [6.07, 6.45) is 0.866. The molecular weight excluding hydrogens is 295 g/mol. The predicted molar refractivity (Wildman–Crippen MR) is 87.0 cm³/mol. The van der Waals surface area contributed by atoms with E-state index in [1.807, 2.05) is 26.0 Å². The molecule has 0 N–H and O–H groups in total. The molecule has 2 aromatic carbocycles. The van der Waals surface area contributed by atoms with Crippen LogP contribution < -0.4 is 4.74 Å². The van der Waals surface area contributed by atoms with Gasteiger partial charge in [-0.1, -0.05) is 36.8 Å². The van der Waals surface area contributed by atoms with Crippen LogP contribution >= 0.6 is 0 Å². The zero-order chi connectivity index (χ0) is 16.8. The Balaban J connectivity index is 2.22. The third-order valence-corrected chi connectivity index (χ3v) is 3.75. The van der Waals surface area contributed by atoms with Crippen LogP contribution in [0.3, 0.4) is 0 Å². The number of hydrogen-bond acceptors (Lipinski definition) is 3. The second-order valence-electron chi connectivity index (χ2n) is 5.38. The number of methoxy groups -OCH3 is 1. The first-order chi connectivity index (χ1) is 11.0. The van der Waals surface area contributed by atoms with Gasteiger partial charge in [0.25, 0.3) is 0 Å². The number of carbonyl (C=O) groups excluding carboxylic acids is 1. The molecule has 0 saturated carbocycles. The number of esters is 1. The molecule has 0 aliphatic heterocycles. The Labute approximate surface area is 136 Å². The van der Waals surface area contributed by atoms with Crippen molar-refractivity contribution in [1.82, 2.24) is 0 Å². The van der Waals surface area contributed by atoms with E-state index in [-0.39, 0.29) is 18.8 Å². The molecule has 0 radical (unpaired) electrons. The van der Waals surface area contributed by atoms with Crippen LogP contribution in [-0.4, -0.2) is 13.1 Å². The lowest BCUT2D eigenvalue weighted by Gasteiger charge is -2.14. The van der Waals surface area contributed by atoms with Crippen molar-refractivity contribution in [2.24, 2.45) is 0 Å². The number of hydrogen-bond donors (Lipinski definition) is 0. The molecule has 0 aliphatic carbocycles. The third kappa shape index (κ3) is 4.31. The summed E-state index contributed by atoms with van der Waals surface area (Å²) >= 11 is 0. The average Bonchev–Trinajstić information content (AvgIpc) is 2.55. The lowest BCUT2D eigenvalue weighted by atomic mass is 10.0. The molecule has 4 heteroatoms. The minimum Gasteiger partial charge on any atom is -0.489 e. The highest BCUT2D eigenvalue weighted by Gasteiger charge is 2.13. The molecule has 0 saturated heterocycles. The summed E-state index contributed by atoms with van der Waals surface area (Å²) in [5.41, 5.74) is 3.21. The van der Waals surface area contributed by atoms with Gasteiger partial charge in [-0.2, -0.15) is 0 Å². The van der Waals surface area contributed by atoms with E-state index in [1.54, 1.807) is 12.1 Å². The van der Waals surface area contributed by atoms with Crippen molar-refractivity contribution in [3.8, 4) is 5.75 Å². The Kier molecular flexibility index (Phi) is 5.74. The fourth-order valence-corrected chi connectivity index (χ4v) is 2.43. The van der Waals surface area contributed by atoms with E-state index in [9.17, 15) is 9.18 Å². The molecule has 0 amide bonds. The largest absolute Gasteiger partial charge is 0.489 e. The van der Waals surface area contributed by atoms with Crippen molar-refractivity contribution in [3.05, 3.63) is 64.5 Å². The summed E-state index contributed by atoms with van der Waals surface area (Å²) in [6.45, 7) is 4.15. The number of carbonyl (C=O) groups is 1. The zero-order valence-electron chi connectivity index (χ0n) is 13.7. The topological polar surface area (TPSA) is 35.5 Å². The van der Waals surface area contributed by atoms with E-state index in [0.717, 1.165) is 23.3 Å². The molecule has 2 rings (SSSR count). The molecule has 0 bridgehead atoms. The third-order valence-electron chi connectivity index (χ3n) is 3.75. The Morgan fingerprint density at radius 3 is 2.65 bits per heavy atom. The summed E-state index contributed by atoms with van der Waals surface area (Å²) in [6, 6.07) is 10.6. The Morgan fingerprint density at radius 2 is 1.96 bits per heavy atom. The van der Waals surface area contributed by atoms with Crippen molar-refractivity contribution in [2.45, 2.75) is 33.3 Å². The fraction of sp³-hybridized carbons (Fsp3) is 0.316. The smallest absolute Gasteiger partial charge is 0.309 e. The normalized spacial score (nSPS) is 10.4. The highest BCUT2D eigenvalue weighted by molar-refractivity contribution is 5.72. The molecule has 0 unspecified atom stereocenters. The fourth-order valence-electron chi connectivity index (χ4n) is 2.43. The van der Waals surface area contributed by atoms with Gasteiger partial charge in [-0.05, 0) is 36.6 Å². The standard InChI is InChI=1S/C19H21FO3/c1-4-14-10-13(2)8-9-18(14)23-12-16-15(11-19(21)22-3)6-5-7-17(16)20/h5-10H,4,11-12H2,1-3H3. The molecule has 0 aliphatic rings. The highest BCUT2D eigenvalue weighted by atomic mass is 19.1. The van der Waals surface area contributed by atoms with Crippen LogP contribution in [0, 0.1) is 12.7 Å². The number of aryl methyl sites for hydroxylation is 2. The second-order valence-corrected chi connectivity index (χ2v) is 5.38. The van der Waals surface area contributed by atoms with Crippen LogP contribution in [0.15, 0.2) is 36.4 Å². The monoisotopic (exact) mass is 316 g/mol. The van der Waals surface area contributed by atoms with Gasteiger partial charge in [-0.25, -0.2) is 4.39 Å². The van der Waals surface area contributed by atoms with Gasteiger partial charge in [0.2, 0.25) is 0 Å². The van der Waals surface area contributed by atoms with Crippen LogP contribution in [0.25, 0.3) is 0 Å². The van der Waals surface area contributed by atoms with Crippen LogP contribution in [-0.2, 0) is 29.0 Å². The summed E-state index contributed by atoms with van der Waals surface area (Å²) in [5, 5.41) is 0. The summed E-state index contributed by atoms with van der Waals surface area (Å²) in [4.78, 5) is 11.5. The van der Waals surface area contributed by atoms with E-state index in [2.05, 4.69) is 10.8 Å². The number of benzene rings is 2. The Morgan fingerprint density at radius 1 is 1.17 bits per heavy atom. The molecule has 0 fully saturated rings. The van der Waals surface area contributed by atoms with Crippen molar-refractivity contribution < 1.29 is 18.7 Å². The average molecular weight is 316 g/mol. The zero-order valence-corrected chi connectivity index (χ0v) is 13.7. The SMILES string of the molecule is CCc1cc(C)ccc1OCc1c(F)cccc1CC(=O)OC. The maximum absolute atomic E-state index is 14.1. The van der Waals surface area contributed by atoms with Crippen LogP contribution in [0.5, 0.6) is 5.75 Å². The number of halogens is 1. The quantitative estimate of drug-likeness (QED) is 0.756. The van der Waals surface area contributed by atoms with E-state index >= 15 is 0 Å². The molecule has 122 valence electrons. The molecule has 23 heavy (non-hydrogen) atoms. The lowest BCUT2D eigenvalue weighted by molar-refractivity contribution is -0.139. The van der Waals surface area contributed by atoms with Crippen molar-refractivity contribution in [1.29, 1.82) is 0 Å². The van der Waals surface area contributed by atoms with E-state index in [4.69, 9.17) is 4.74 Å². The highest BCUT2D eigenvalue weighted by Crippen LogP contribution is 2.23. The summed E-state index contributed by atoms with van der Waals surface area (Å²) in [7, 11) is 1.32. The first kappa shape index (κ1) is 17.0. The van der Waals surface area contributed by atoms with Gasteiger partial charge in [-0.15, -0.1) is 0 Å². The number of rotatable bonds is 6. The second kappa shape index (κ2) is 7.77. The summed E-state index contributed by atoms with van der Waals surface area (Å²) < 4.78 is 24.6. The Bertz CT molecular complexity index is 695. The number of ether oxygens (including phenoxy) is 2. The molecule has 2 aromatic rings. The molecular formula is C19H21FO3. The maximum Gasteiger partial charge on any atom is 0.309 e. The molecule has 0 aromatic heterocycles. The Hall–Kier alpha value is -2.36. The molecule has 3 nitrogen and oxygen atoms in total. The molecule has 0 spiro atoms. The summed E-state index contributed by atoms with van der Waals surface area (Å²) in [5.74, 6) is -0.0385. The van der Waals surface area contributed by atoms with Crippen molar-refractivity contribution in [3.63, 3.8) is 0 Å². The van der Waals surface area contributed by atoms with Crippen LogP contribution in [0.4, 0.5) is 4.39 Å². The van der Waals surface area contributed by atoms with Gasteiger partial charge in [0.15, 0.2) is 0 Å². The maximum atomic E-state index is 14.1. The first-order valence-corrected chi connectivity index (χ1v) is 7.60.